The van der Waals surface area contributed by atoms with Crippen molar-refractivity contribution in [3.63, 3.8) is 0 Å². The van der Waals surface area contributed by atoms with Crippen LogP contribution in [0.1, 0.15) is 32.1 Å². The van der Waals surface area contributed by atoms with E-state index in [9.17, 15) is 0 Å². The van der Waals surface area contributed by atoms with Gasteiger partial charge in [-0.25, -0.2) is 5.84 Å². The fraction of sp³-hybridized carbons (Fsp3) is 0.533. The Morgan fingerprint density at radius 1 is 1.25 bits per heavy atom. The number of nitrogens with one attached hydrogen (secondary N) is 2. The minimum atomic E-state index is 0.290. The molecule has 1 saturated carbocycles. The molecule has 1 aliphatic carbocycles. The molecule has 2 rings (SSSR count). The molecule has 0 spiro atoms. The average molecular weight is 292 g/mol. The first-order valence-electron chi connectivity index (χ1n) is 7.16. The topological polar surface area (TPSA) is 62.4 Å². The second-order valence-electron chi connectivity index (χ2n) is 5.25. The van der Waals surface area contributed by atoms with Gasteiger partial charge in [0.1, 0.15) is 0 Å². The van der Waals surface area contributed by atoms with Crippen LogP contribution in [0, 0.1) is 0 Å². The van der Waals surface area contributed by atoms with Gasteiger partial charge >= 0.3 is 0 Å². The molecule has 0 saturated heterocycles. The van der Waals surface area contributed by atoms with Crippen molar-refractivity contribution in [1.82, 2.24) is 5.43 Å². The molecule has 0 heterocycles. The Balaban J connectivity index is 1.99. The van der Waals surface area contributed by atoms with Crippen LogP contribution in [0.5, 0.6) is 0 Å². The lowest BCUT2D eigenvalue weighted by Gasteiger charge is -2.34. The number of nitrogens with two attached hydrogens (primary N) is 1. The summed E-state index contributed by atoms with van der Waals surface area (Å²) in [5.74, 6) is 6.21. The molecule has 1 fully saturated rings. The maximum absolute atomic E-state index is 5.57. The highest BCUT2D eigenvalue weighted by Gasteiger charge is 2.30. The van der Waals surface area contributed by atoms with Gasteiger partial charge in [-0.05, 0) is 31.2 Å². The van der Waals surface area contributed by atoms with Crippen LogP contribution in [0.25, 0.3) is 0 Å². The second kappa shape index (κ2) is 7.55. The Hall–Kier alpha value is -1.20. The van der Waals surface area contributed by atoms with E-state index in [1.54, 1.807) is 0 Å². The van der Waals surface area contributed by atoms with Crippen LogP contribution in [0.4, 0.5) is 5.69 Å². The van der Waals surface area contributed by atoms with Crippen LogP contribution in [-0.4, -0.2) is 23.5 Å². The Kier molecular flexibility index (Phi) is 5.73. The predicted molar refractivity (Wildman–Crippen MR) is 89.0 cm³/mol. The number of benzene rings is 1. The van der Waals surface area contributed by atoms with E-state index in [2.05, 4.69) is 22.0 Å². The maximum Gasteiger partial charge on any atom is 0.210 e. The molecule has 0 radical (unpaired) electrons. The molecule has 4 nitrogen and oxygen atoms in total. The fourth-order valence-electron chi connectivity index (χ4n) is 2.63. The Labute approximate surface area is 125 Å². The zero-order chi connectivity index (χ0) is 14.3. The van der Waals surface area contributed by atoms with Crippen LogP contribution in [-0.2, 0) is 0 Å². The third-order valence-electron chi connectivity index (χ3n) is 3.90. The van der Waals surface area contributed by atoms with Gasteiger partial charge < -0.3 is 5.32 Å². The molecule has 20 heavy (non-hydrogen) atoms. The molecular weight excluding hydrogens is 268 g/mol. The minimum absolute atomic E-state index is 0.290. The molecule has 110 valence electrons. The number of guanidine groups is 1. The lowest BCUT2D eigenvalue weighted by molar-refractivity contribution is 0.405. The SMILES string of the molecule is CSC1(CN=C(NN)Nc2ccccc2)CCCCC1. The monoisotopic (exact) mass is 292 g/mol. The van der Waals surface area contributed by atoms with E-state index < -0.39 is 0 Å². The summed E-state index contributed by atoms with van der Waals surface area (Å²) in [7, 11) is 0. The van der Waals surface area contributed by atoms with Crippen molar-refractivity contribution < 1.29 is 0 Å². The summed E-state index contributed by atoms with van der Waals surface area (Å²) in [5, 5.41) is 3.21. The molecule has 5 heteroatoms. The Bertz CT molecular complexity index is 427. The number of thioether (sulfide) groups is 1. The Morgan fingerprint density at radius 3 is 2.55 bits per heavy atom. The predicted octanol–water partition coefficient (Wildman–Crippen LogP) is 2.98. The number of nitrogens with zero attached hydrogens (tertiary/aromatic N) is 1. The quantitative estimate of drug-likeness (QED) is 0.345. The molecular formula is C15H24N4S. The number of rotatable bonds is 4. The van der Waals surface area contributed by atoms with Gasteiger partial charge in [0.05, 0.1) is 6.54 Å². The number of aliphatic imine (C=N–C) groups is 1. The number of hydrogen-bond donors (Lipinski definition) is 3. The molecule has 1 aromatic carbocycles. The van der Waals surface area contributed by atoms with Crippen molar-refractivity contribution in [2.24, 2.45) is 10.8 Å². The number of para-hydroxylation sites is 1. The number of hydrazine groups is 1. The molecule has 1 aliphatic rings. The van der Waals surface area contributed by atoms with E-state index in [0.717, 1.165) is 12.2 Å². The minimum Gasteiger partial charge on any atom is -0.325 e. The summed E-state index contributed by atoms with van der Waals surface area (Å²) in [6.07, 6.45) is 8.68. The Morgan fingerprint density at radius 2 is 1.95 bits per heavy atom. The smallest absolute Gasteiger partial charge is 0.210 e. The van der Waals surface area contributed by atoms with Gasteiger partial charge in [-0.2, -0.15) is 11.8 Å². The maximum atomic E-state index is 5.57. The molecule has 4 N–H and O–H groups in total. The standard InChI is InChI=1S/C15H24N4S/c1-20-15(10-6-3-7-11-15)12-17-14(19-16)18-13-8-4-2-5-9-13/h2,4-5,8-9H,3,6-7,10-12,16H2,1H3,(H2,17,18,19). The van der Waals surface area contributed by atoms with E-state index >= 15 is 0 Å². The highest BCUT2D eigenvalue weighted by atomic mass is 32.2. The lowest BCUT2D eigenvalue weighted by Crippen LogP contribution is -2.39. The third kappa shape index (κ3) is 4.15. The average Bonchev–Trinajstić information content (AvgIpc) is 2.53. The van der Waals surface area contributed by atoms with Gasteiger partial charge in [0.2, 0.25) is 5.96 Å². The number of hydrogen-bond acceptors (Lipinski definition) is 3. The molecule has 0 atom stereocenters. The van der Waals surface area contributed by atoms with E-state index in [1.165, 1.54) is 32.1 Å². The van der Waals surface area contributed by atoms with Crippen LogP contribution < -0.4 is 16.6 Å². The molecule has 0 aromatic heterocycles. The van der Waals surface area contributed by atoms with Crippen molar-refractivity contribution in [2.75, 3.05) is 18.1 Å². The summed E-state index contributed by atoms with van der Waals surface area (Å²) >= 11 is 1.95. The third-order valence-corrected chi connectivity index (χ3v) is 5.30. The highest BCUT2D eigenvalue weighted by molar-refractivity contribution is 8.00. The first-order valence-corrected chi connectivity index (χ1v) is 8.39. The van der Waals surface area contributed by atoms with Crippen LogP contribution in [0.2, 0.25) is 0 Å². The first-order chi connectivity index (χ1) is 9.78. The lowest BCUT2D eigenvalue weighted by atomic mass is 9.88. The van der Waals surface area contributed by atoms with E-state index in [0.29, 0.717) is 10.7 Å². The first kappa shape index (κ1) is 15.2. The van der Waals surface area contributed by atoms with Crippen molar-refractivity contribution in [3.8, 4) is 0 Å². The van der Waals surface area contributed by atoms with Gasteiger partial charge in [-0.15, -0.1) is 0 Å². The van der Waals surface area contributed by atoms with Crippen molar-refractivity contribution in [3.05, 3.63) is 30.3 Å². The summed E-state index contributed by atoms with van der Waals surface area (Å²) in [6, 6.07) is 9.96. The van der Waals surface area contributed by atoms with Gasteiger partial charge in [-0.3, -0.25) is 10.4 Å². The van der Waals surface area contributed by atoms with E-state index in [4.69, 9.17) is 5.84 Å². The summed E-state index contributed by atoms with van der Waals surface area (Å²) < 4.78 is 0.290. The molecule has 0 aliphatic heterocycles. The summed E-state index contributed by atoms with van der Waals surface area (Å²) in [6.45, 7) is 0.813. The zero-order valence-electron chi connectivity index (χ0n) is 12.1. The normalized spacial score (nSPS) is 18.6. The van der Waals surface area contributed by atoms with Crippen molar-refractivity contribution in [2.45, 2.75) is 36.9 Å². The van der Waals surface area contributed by atoms with Crippen molar-refractivity contribution >= 4 is 23.4 Å². The fourth-order valence-corrected chi connectivity index (χ4v) is 3.52. The second-order valence-corrected chi connectivity index (χ2v) is 6.52. The van der Waals surface area contributed by atoms with Crippen molar-refractivity contribution in [1.29, 1.82) is 0 Å². The van der Waals surface area contributed by atoms with Crippen LogP contribution in [0.3, 0.4) is 0 Å². The molecule has 0 amide bonds. The summed E-state index contributed by atoms with van der Waals surface area (Å²) in [5.41, 5.74) is 3.65. The van der Waals surface area contributed by atoms with Gasteiger partial charge in [0, 0.05) is 10.4 Å². The largest absolute Gasteiger partial charge is 0.325 e. The van der Waals surface area contributed by atoms with Crippen LogP contribution >= 0.6 is 11.8 Å². The summed E-state index contributed by atoms with van der Waals surface area (Å²) in [4.78, 5) is 4.65. The highest BCUT2D eigenvalue weighted by Crippen LogP contribution is 2.38. The molecule has 0 bridgehead atoms. The van der Waals surface area contributed by atoms with Gasteiger partial charge in [0.15, 0.2) is 0 Å². The van der Waals surface area contributed by atoms with Gasteiger partial charge in [-0.1, -0.05) is 37.5 Å². The van der Waals surface area contributed by atoms with Crippen LogP contribution in [0.15, 0.2) is 35.3 Å². The number of anilines is 1. The molecule has 0 unspecified atom stereocenters. The van der Waals surface area contributed by atoms with E-state index in [-0.39, 0.29) is 0 Å². The van der Waals surface area contributed by atoms with Gasteiger partial charge in [0.25, 0.3) is 0 Å². The molecule has 1 aromatic rings. The van der Waals surface area contributed by atoms with E-state index in [1.807, 2.05) is 42.1 Å². The zero-order valence-corrected chi connectivity index (χ0v) is 12.9.